The highest BCUT2D eigenvalue weighted by atomic mass is 35.5. The number of piperidine rings is 1. The summed E-state index contributed by atoms with van der Waals surface area (Å²) in [7, 11) is 0. The van der Waals surface area contributed by atoms with E-state index in [0.29, 0.717) is 36.0 Å². The van der Waals surface area contributed by atoms with Gasteiger partial charge in [-0.1, -0.05) is 11.6 Å². The van der Waals surface area contributed by atoms with Gasteiger partial charge in [-0.15, -0.1) is 0 Å². The fourth-order valence-corrected chi connectivity index (χ4v) is 4.04. The number of hydrogen-bond donors (Lipinski definition) is 1. The number of carbonyl (C=O) groups excluding carboxylic acids is 2. The molecule has 28 heavy (non-hydrogen) atoms. The number of benzene rings is 1. The topological polar surface area (TPSA) is 67.9 Å². The Kier molecular flexibility index (Phi) is 6.50. The van der Waals surface area contributed by atoms with Crippen molar-refractivity contribution in [2.45, 2.75) is 64.2 Å². The average Bonchev–Trinajstić information content (AvgIpc) is 2.62. The van der Waals surface area contributed by atoms with Crippen molar-refractivity contribution in [3.8, 4) is 5.75 Å². The van der Waals surface area contributed by atoms with Crippen LogP contribution in [0.25, 0.3) is 0 Å². The molecule has 0 saturated carbocycles. The third-order valence-electron chi connectivity index (χ3n) is 5.40. The molecule has 2 heterocycles. The maximum atomic E-state index is 12.9. The Morgan fingerprint density at radius 1 is 1.25 bits per heavy atom. The number of likely N-dealkylation sites (tertiary alicyclic amines) is 1. The van der Waals surface area contributed by atoms with Crippen molar-refractivity contribution in [3.63, 3.8) is 0 Å². The van der Waals surface area contributed by atoms with E-state index in [1.807, 2.05) is 18.7 Å². The van der Waals surface area contributed by atoms with Crippen LogP contribution in [-0.2, 0) is 9.53 Å². The molecule has 0 bridgehead atoms. The number of rotatable bonds is 4. The second-order valence-corrected chi connectivity index (χ2v) is 8.67. The average molecular weight is 409 g/mol. The minimum Gasteiger partial charge on any atom is -0.489 e. The van der Waals surface area contributed by atoms with Crippen LogP contribution in [0.3, 0.4) is 0 Å². The van der Waals surface area contributed by atoms with Crippen molar-refractivity contribution >= 4 is 23.4 Å². The largest absolute Gasteiger partial charge is 0.489 e. The predicted molar refractivity (Wildman–Crippen MR) is 108 cm³/mol. The van der Waals surface area contributed by atoms with Gasteiger partial charge < -0.3 is 19.7 Å². The number of hydrogen-bond acceptors (Lipinski definition) is 4. The summed E-state index contributed by atoms with van der Waals surface area (Å²) in [4.78, 5) is 26.2. The summed E-state index contributed by atoms with van der Waals surface area (Å²) in [5.74, 6) is 0.445. The van der Waals surface area contributed by atoms with Crippen LogP contribution in [0, 0.1) is 0 Å². The Morgan fingerprint density at radius 2 is 1.96 bits per heavy atom. The summed E-state index contributed by atoms with van der Waals surface area (Å²) < 4.78 is 11.9. The highest BCUT2D eigenvalue weighted by Gasteiger charge is 2.31. The van der Waals surface area contributed by atoms with Crippen LogP contribution >= 0.6 is 11.6 Å². The Hall–Kier alpha value is -1.79. The van der Waals surface area contributed by atoms with Gasteiger partial charge in [0.2, 0.25) is 5.91 Å². The first kappa shape index (κ1) is 20.9. The SMILES string of the molecule is CC(=O)N1CCC(Oc2ccc(Cl)cc2C(=O)NC2CCOC(C)(C)C2)CC1. The second-order valence-electron chi connectivity index (χ2n) is 8.24. The molecule has 2 aliphatic rings. The summed E-state index contributed by atoms with van der Waals surface area (Å²) >= 11 is 6.15. The van der Waals surface area contributed by atoms with Crippen LogP contribution in [0.1, 0.15) is 56.8 Å². The van der Waals surface area contributed by atoms with Crippen molar-refractivity contribution in [1.82, 2.24) is 10.2 Å². The van der Waals surface area contributed by atoms with Crippen LogP contribution in [0.4, 0.5) is 0 Å². The van der Waals surface area contributed by atoms with Crippen molar-refractivity contribution in [2.24, 2.45) is 0 Å². The number of nitrogens with zero attached hydrogens (tertiary/aromatic N) is 1. The summed E-state index contributed by atoms with van der Waals surface area (Å²) in [6, 6.07) is 5.20. The summed E-state index contributed by atoms with van der Waals surface area (Å²) in [6.45, 7) is 7.63. The van der Waals surface area contributed by atoms with Crippen LogP contribution in [0.2, 0.25) is 5.02 Å². The Balaban J connectivity index is 1.67. The monoisotopic (exact) mass is 408 g/mol. The fraction of sp³-hybridized carbons (Fsp3) is 0.619. The standard InChI is InChI=1S/C21H29ClN2O4/c1-14(25)24-9-6-17(7-10-24)28-19-5-4-15(22)12-18(19)20(26)23-16-8-11-27-21(2,3)13-16/h4-5,12,16-17H,6-11,13H2,1-3H3,(H,23,26). The Morgan fingerprint density at radius 3 is 2.61 bits per heavy atom. The first-order chi connectivity index (χ1) is 13.2. The summed E-state index contributed by atoms with van der Waals surface area (Å²) in [5.41, 5.74) is 0.208. The molecule has 0 aliphatic carbocycles. The van der Waals surface area contributed by atoms with Gasteiger partial charge in [0.1, 0.15) is 11.9 Å². The van der Waals surface area contributed by atoms with Crippen molar-refractivity contribution < 1.29 is 19.1 Å². The van der Waals surface area contributed by atoms with Gasteiger partial charge in [0, 0.05) is 50.5 Å². The van der Waals surface area contributed by atoms with Crippen LogP contribution < -0.4 is 10.1 Å². The molecule has 0 radical (unpaired) electrons. The molecule has 1 aromatic rings. The third kappa shape index (κ3) is 5.39. The number of carbonyl (C=O) groups is 2. The molecule has 0 aromatic heterocycles. The van der Waals surface area contributed by atoms with Crippen LogP contribution in [0.5, 0.6) is 5.75 Å². The van der Waals surface area contributed by atoms with E-state index in [-0.39, 0.29) is 29.6 Å². The van der Waals surface area contributed by atoms with E-state index in [4.69, 9.17) is 21.1 Å². The smallest absolute Gasteiger partial charge is 0.255 e. The van der Waals surface area contributed by atoms with Crippen molar-refractivity contribution in [2.75, 3.05) is 19.7 Å². The lowest BCUT2D eigenvalue weighted by atomic mass is 9.93. The lowest BCUT2D eigenvalue weighted by Gasteiger charge is -2.36. The van der Waals surface area contributed by atoms with E-state index in [1.165, 1.54) is 0 Å². The molecule has 1 unspecified atom stereocenters. The van der Waals surface area contributed by atoms with E-state index >= 15 is 0 Å². The molecule has 2 fully saturated rings. The molecule has 6 nitrogen and oxygen atoms in total. The van der Waals surface area contributed by atoms with Gasteiger partial charge in [0.15, 0.2) is 0 Å². The van der Waals surface area contributed by atoms with E-state index in [1.54, 1.807) is 25.1 Å². The molecular weight excluding hydrogens is 380 g/mol. The van der Waals surface area contributed by atoms with Crippen LogP contribution in [0.15, 0.2) is 18.2 Å². The fourth-order valence-electron chi connectivity index (χ4n) is 3.87. The molecule has 7 heteroatoms. The zero-order valence-electron chi connectivity index (χ0n) is 16.8. The molecule has 3 rings (SSSR count). The number of halogens is 1. The number of ether oxygens (including phenoxy) is 2. The van der Waals surface area contributed by atoms with E-state index in [2.05, 4.69) is 5.32 Å². The normalized spacial score (nSPS) is 22.6. The minimum absolute atomic E-state index is 0.0228. The predicted octanol–water partition coefficient (Wildman–Crippen LogP) is 3.42. The third-order valence-corrected chi connectivity index (χ3v) is 5.63. The second kappa shape index (κ2) is 8.70. The van der Waals surface area contributed by atoms with Gasteiger partial charge in [0.25, 0.3) is 5.91 Å². The van der Waals surface area contributed by atoms with Gasteiger partial charge in [-0.2, -0.15) is 0 Å². The highest BCUT2D eigenvalue weighted by molar-refractivity contribution is 6.31. The molecule has 1 atom stereocenters. The van der Waals surface area contributed by atoms with Gasteiger partial charge in [-0.3, -0.25) is 9.59 Å². The molecule has 154 valence electrons. The summed E-state index contributed by atoms with van der Waals surface area (Å²) in [5, 5.41) is 3.60. The zero-order valence-corrected chi connectivity index (χ0v) is 17.6. The summed E-state index contributed by atoms with van der Waals surface area (Å²) in [6.07, 6.45) is 3.02. The van der Waals surface area contributed by atoms with Crippen molar-refractivity contribution in [3.05, 3.63) is 28.8 Å². The molecule has 1 aromatic carbocycles. The molecule has 0 spiro atoms. The van der Waals surface area contributed by atoms with E-state index < -0.39 is 0 Å². The lowest BCUT2D eigenvalue weighted by molar-refractivity contribution is -0.130. The zero-order chi connectivity index (χ0) is 20.3. The molecule has 2 aliphatic heterocycles. The maximum absolute atomic E-state index is 12.9. The first-order valence-electron chi connectivity index (χ1n) is 9.90. The Bertz CT molecular complexity index is 729. The molecular formula is C21H29ClN2O4. The van der Waals surface area contributed by atoms with Crippen molar-refractivity contribution in [1.29, 1.82) is 0 Å². The van der Waals surface area contributed by atoms with Gasteiger partial charge in [0.05, 0.1) is 11.2 Å². The molecule has 1 N–H and O–H groups in total. The quantitative estimate of drug-likeness (QED) is 0.828. The maximum Gasteiger partial charge on any atom is 0.255 e. The number of nitrogens with one attached hydrogen (secondary N) is 1. The highest BCUT2D eigenvalue weighted by Crippen LogP contribution is 2.28. The van der Waals surface area contributed by atoms with Gasteiger partial charge in [-0.25, -0.2) is 0 Å². The van der Waals surface area contributed by atoms with Gasteiger partial charge >= 0.3 is 0 Å². The first-order valence-corrected chi connectivity index (χ1v) is 10.3. The number of amides is 2. The van der Waals surface area contributed by atoms with Gasteiger partial charge in [-0.05, 0) is 44.9 Å². The van der Waals surface area contributed by atoms with E-state index in [0.717, 1.165) is 25.7 Å². The Labute approximate surface area is 171 Å². The van der Waals surface area contributed by atoms with Crippen LogP contribution in [-0.4, -0.2) is 54.2 Å². The minimum atomic E-state index is -0.242. The molecule has 2 saturated heterocycles. The van der Waals surface area contributed by atoms with E-state index in [9.17, 15) is 9.59 Å². The lowest BCUT2D eigenvalue weighted by Crippen LogP contribution is -2.46. The molecule has 2 amide bonds.